The molecule has 116 valence electrons. The maximum atomic E-state index is 9.71. The van der Waals surface area contributed by atoms with Crippen molar-refractivity contribution in [2.45, 2.75) is 91.0 Å². The molecule has 0 aliphatic heterocycles. The molecule has 1 rings (SSSR count). The van der Waals surface area contributed by atoms with Gasteiger partial charge in [-0.2, -0.15) is 5.26 Å². The van der Waals surface area contributed by atoms with Gasteiger partial charge in [-0.1, -0.05) is 41.5 Å². The number of nitrogens with zero attached hydrogens (tertiary/aromatic N) is 1. The van der Waals surface area contributed by atoms with Crippen molar-refractivity contribution in [3.8, 4) is 6.07 Å². The van der Waals surface area contributed by atoms with E-state index in [4.69, 9.17) is 4.43 Å². The summed E-state index contributed by atoms with van der Waals surface area (Å²) in [7, 11) is -1.88. The average molecular weight is 296 g/mol. The molecule has 1 aliphatic rings. The minimum atomic E-state index is -1.88. The minimum absolute atomic E-state index is 0.164. The second-order valence-electron chi connectivity index (χ2n) is 9.11. The van der Waals surface area contributed by atoms with Gasteiger partial charge in [-0.3, -0.25) is 0 Å². The van der Waals surface area contributed by atoms with Gasteiger partial charge in [-0.15, -0.1) is 0 Å². The second-order valence-corrected chi connectivity index (χ2v) is 13.8. The molecule has 0 bridgehead atoms. The van der Waals surface area contributed by atoms with Gasteiger partial charge >= 0.3 is 0 Å². The Balaban J connectivity index is 2.82. The van der Waals surface area contributed by atoms with Gasteiger partial charge in [0.15, 0.2) is 8.32 Å². The summed E-state index contributed by atoms with van der Waals surface area (Å²) in [5, 5.41) is 9.87. The summed E-state index contributed by atoms with van der Waals surface area (Å²) < 4.78 is 6.52. The fourth-order valence-corrected chi connectivity index (χ4v) is 4.36. The number of hydrogen-bond acceptors (Lipinski definition) is 2. The van der Waals surface area contributed by atoms with E-state index in [2.05, 4.69) is 60.7 Å². The van der Waals surface area contributed by atoms with Gasteiger partial charge in [-0.25, -0.2) is 0 Å². The minimum Gasteiger partial charge on any atom is -0.399 e. The van der Waals surface area contributed by atoms with Gasteiger partial charge in [-0.05, 0) is 55.1 Å². The van der Waals surface area contributed by atoms with E-state index >= 15 is 0 Å². The molecule has 0 N–H and O–H groups in total. The normalized spacial score (nSPS) is 29.1. The van der Waals surface area contributed by atoms with E-state index < -0.39 is 13.9 Å². The van der Waals surface area contributed by atoms with E-state index in [0.29, 0.717) is 11.3 Å². The molecule has 0 radical (unpaired) electrons. The van der Waals surface area contributed by atoms with Crippen LogP contribution in [0.2, 0.25) is 18.1 Å². The molecule has 0 amide bonds. The third-order valence-electron chi connectivity index (χ3n) is 5.48. The molecule has 20 heavy (non-hydrogen) atoms. The zero-order chi connectivity index (χ0) is 15.8. The van der Waals surface area contributed by atoms with E-state index in [1.165, 1.54) is 0 Å². The van der Waals surface area contributed by atoms with E-state index in [1.807, 2.05) is 0 Å². The zero-order valence-corrected chi connectivity index (χ0v) is 15.8. The molecule has 0 atom stereocenters. The molecule has 1 fully saturated rings. The Morgan fingerprint density at radius 2 is 1.50 bits per heavy atom. The Morgan fingerprint density at radius 1 is 1.05 bits per heavy atom. The monoisotopic (exact) mass is 295 g/mol. The average Bonchev–Trinajstić information content (AvgIpc) is 2.26. The Labute approximate surface area is 127 Å². The molecule has 2 nitrogen and oxygen atoms in total. The van der Waals surface area contributed by atoms with Crippen LogP contribution in [0.1, 0.15) is 67.2 Å². The third-order valence-corrected chi connectivity index (χ3v) is 9.99. The van der Waals surface area contributed by atoms with Gasteiger partial charge in [0, 0.05) is 0 Å². The van der Waals surface area contributed by atoms with E-state index in [-0.39, 0.29) is 5.04 Å². The molecule has 1 saturated carbocycles. The van der Waals surface area contributed by atoms with Gasteiger partial charge in [0.25, 0.3) is 0 Å². The largest absolute Gasteiger partial charge is 0.399 e. The molecular formula is C17H33NOSi. The van der Waals surface area contributed by atoms with Gasteiger partial charge in [0.1, 0.15) is 5.60 Å². The molecule has 0 aromatic heterocycles. The first-order valence-electron chi connectivity index (χ1n) is 7.94. The molecular weight excluding hydrogens is 262 g/mol. The topological polar surface area (TPSA) is 33.0 Å². The van der Waals surface area contributed by atoms with Crippen LogP contribution in [0.15, 0.2) is 0 Å². The first-order valence-corrected chi connectivity index (χ1v) is 10.9. The lowest BCUT2D eigenvalue weighted by Crippen LogP contribution is -2.51. The van der Waals surface area contributed by atoms with Crippen LogP contribution in [0.4, 0.5) is 0 Å². The summed E-state index contributed by atoms with van der Waals surface area (Å²) in [5.74, 6) is 0.715. The lowest BCUT2D eigenvalue weighted by atomic mass is 9.69. The maximum Gasteiger partial charge on any atom is 0.194 e. The molecule has 0 unspecified atom stereocenters. The summed E-state index contributed by atoms with van der Waals surface area (Å²) in [4.78, 5) is 0. The highest BCUT2D eigenvalue weighted by atomic mass is 28.4. The zero-order valence-electron chi connectivity index (χ0n) is 14.8. The Morgan fingerprint density at radius 3 is 1.80 bits per heavy atom. The van der Waals surface area contributed by atoms with Crippen LogP contribution in [-0.2, 0) is 4.43 Å². The highest BCUT2D eigenvalue weighted by Gasteiger charge is 2.47. The van der Waals surface area contributed by atoms with Gasteiger partial charge in [0.05, 0.1) is 6.07 Å². The van der Waals surface area contributed by atoms with Crippen molar-refractivity contribution in [3.05, 3.63) is 0 Å². The van der Waals surface area contributed by atoms with Crippen LogP contribution in [0, 0.1) is 22.7 Å². The van der Waals surface area contributed by atoms with Crippen molar-refractivity contribution in [2.24, 2.45) is 11.3 Å². The molecule has 1 aliphatic carbocycles. The highest BCUT2D eigenvalue weighted by molar-refractivity contribution is 6.74. The lowest BCUT2D eigenvalue weighted by Gasteiger charge is -2.46. The summed E-state index contributed by atoms with van der Waals surface area (Å²) in [6.45, 7) is 18.2. The third kappa shape index (κ3) is 3.86. The van der Waals surface area contributed by atoms with Crippen molar-refractivity contribution >= 4 is 8.32 Å². The number of rotatable bonds is 2. The number of nitriles is 1. The standard InChI is InChI=1S/C17H33NOSi/c1-15(2,3)14-9-11-17(13-18,12-10-14)19-20(7,8)16(4,5)6/h14H,9-12H2,1-8H3. The fraction of sp³-hybridized carbons (Fsp3) is 0.941. The summed E-state index contributed by atoms with van der Waals surface area (Å²) >= 11 is 0. The van der Waals surface area contributed by atoms with Crippen molar-refractivity contribution < 1.29 is 4.43 Å². The van der Waals surface area contributed by atoms with Crippen LogP contribution >= 0.6 is 0 Å². The molecule has 0 saturated heterocycles. The van der Waals surface area contributed by atoms with E-state index in [0.717, 1.165) is 25.7 Å². The molecule has 0 aromatic rings. The molecule has 0 heterocycles. The maximum absolute atomic E-state index is 9.71. The summed E-state index contributed by atoms with van der Waals surface area (Å²) in [5.41, 5.74) is -0.177. The van der Waals surface area contributed by atoms with Crippen LogP contribution in [0.25, 0.3) is 0 Å². The van der Waals surface area contributed by atoms with Crippen molar-refractivity contribution in [1.29, 1.82) is 5.26 Å². The quantitative estimate of drug-likeness (QED) is 0.629. The van der Waals surface area contributed by atoms with E-state index in [9.17, 15) is 5.26 Å². The number of hydrogen-bond donors (Lipinski definition) is 0. The van der Waals surface area contributed by atoms with E-state index in [1.54, 1.807) is 0 Å². The Bertz CT molecular complexity index is 373. The Hall–Kier alpha value is -0.333. The fourth-order valence-electron chi connectivity index (χ4n) is 2.83. The van der Waals surface area contributed by atoms with Crippen LogP contribution in [0.3, 0.4) is 0 Å². The van der Waals surface area contributed by atoms with Gasteiger partial charge in [0.2, 0.25) is 0 Å². The van der Waals surface area contributed by atoms with Crippen molar-refractivity contribution in [1.82, 2.24) is 0 Å². The highest BCUT2D eigenvalue weighted by Crippen LogP contribution is 2.46. The molecule has 0 spiro atoms. The van der Waals surface area contributed by atoms with Crippen molar-refractivity contribution in [2.75, 3.05) is 0 Å². The van der Waals surface area contributed by atoms with Crippen LogP contribution in [-0.4, -0.2) is 13.9 Å². The predicted octanol–water partition coefficient (Wildman–Crippen LogP) is 5.51. The van der Waals surface area contributed by atoms with Crippen LogP contribution < -0.4 is 0 Å². The lowest BCUT2D eigenvalue weighted by molar-refractivity contribution is 0.0289. The smallest absolute Gasteiger partial charge is 0.194 e. The summed E-state index contributed by atoms with van der Waals surface area (Å²) in [6, 6.07) is 2.53. The van der Waals surface area contributed by atoms with Gasteiger partial charge < -0.3 is 4.43 Å². The van der Waals surface area contributed by atoms with Crippen molar-refractivity contribution in [3.63, 3.8) is 0 Å². The first kappa shape index (κ1) is 17.7. The first-order chi connectivity index (χ1) is 8.83. The summed E-state index contributed by atoms with van der Waals surface area (Å²) in [6.07, 6.45) is 4.03. The molecule has 3 heteroatoms. The Kier molecular flexibility index (Phi) is 4.84. The second kappa shape index (κ2) is 5.46. The molecule has 0 aromatic carbocycles. The predicted molar refractivity (Wildman–Crippen MR) is 88.0 cm³/mol. The van der Waals surface area contributed by atoms with Crippen LogP contribution in [0.5, 0.6) is 0 Å². The SMILES string of the molecule is CC(C)(C)C1CCC(C#N)(O[Si](C)(C)C(C)(C)C)CC1.